The lowest BCUT2D eigenvalue weighted by Gasteiger charge is -2.35. The van der Waals surface area contributed by atoms with E-state index >= 15 is 0 Å². The van der Waals surface area contributed by atoms with E-state index in [4.69, 9.17) is 4.74 Å². The predicted octanol–water partition coefficient (Wildman–Crippen LogP) is 3.05. The lowest BCUT2D eigenvalue weighted by Crippen LogP contribution is -2.50. The minimum absolute atomic E-state index is 0. The minimum Gasteiger partial charge on any atom is -0.444 e. The van der Waals surface area contributed by atoms with Gasteiger partial charge in [-0.15, -0.1) is 24.0 Å². The zero-order chi connectivity index (χ0) is 21.3. The summed E-state index contributed by atoms with van der Waals surface area (Å²) in [5.41, 5.74) is 0.542. The first-order chi connectivity index (χ1) is 13.8. The fraction of sp³-hybridized carbons (Fsp3) is 0.619. The van der Waals surface area contributed by atoms with Gasteiger partial charge in [-0.1, -0.05) is 12.1 Å². The zero-order valence-corrected chi connectivity index (χ0v) is 20.7. The molecule has 9 heteroatoms. The van der Waals surface area contributed by atoms with Gasteiger partial charge in [0.2, 0.25) is 0 Å². The summed E-state index contributed by atoms with van der Waals surface area (Å²) in [5.74, 6) is 0.493. The number of aliphatic imine (C=N–C) groups is 1. The lowest BCUT2D eigenvalue weighted by molar-refractivity contribution is 0.0145. The summed E-state index contributed by atoms with van der Waals surface area (Å²) >= 11 is 0. The third-order valence-corrected chi connectivity index (χ3v) is 4.56. The smallest absolute Gasteiger partial charge is 0.410 e. The number of benzene rings is 1. The largest absolute Gasteiger partial charge is 0.444 e. The van der Waals surface area contributed by atoms with Gasteiger partial charge in [-0.05, 0) is 51.4 Å². The second kappa shape index (κ2) is 12.9. The quantitative estimate of drug-likeness (QED) is 0.254. The Labute approximate surface area is 196 Å². The average molecular weight is 535 g/mol. The Kier molecular flexibility index (Phi) is 11.4. The maximum Gasteiger partial charge on any atom is 0.410 e. The summed E-state index contributed by atoms with van der Waals surface area (Å²) in [7, 11) is 1.73. The highest BCUT2D eigenvalue weighted by Gasteiger charge is 2.25. The molecule has 2 rings (SSSR count). The van der Waals surface area contributed by atoms with Gasteiger partial charge in [-0.25, -0.2) is 9.18 Å². The van der Waals surface area contributed by atoms with E-state index < -0.39 is 5.60 Å². The Balaban J connectivity index is 0.00000450. The number of nitrogens with one attached hydrogen (secondary N) is 2. The Bertz CT molecular complexity index is 671. The molecule has 170 valence electrons. The van der Waals surface area contributed by atoms with Gasteiger partial charge in [-0.3, -0.25) is 9.89 Å². The van der Waals surface area contributed by atoms with Gasteiger partial charge < -0.3 is 20.3 Å². The fourth-order valence-corrected chi connectivity index (χ4v) is 3.00. The number of ether oxygens (including phenoxy) is 1. The Hall–Kier alpha value is -1.62. The first-order valence-electron chi connectivity index (χ1n) is 10.2. The first kappa shape index (κ1) is 26.4. The van der Waals surface area contributed by atoms with E-state index in [0.29, 0.717) is 19.6 Å². The van der Waals surface area contributed by atoms with Crippen molar-refractivity contribution in [2.75, 3.05) is 46.3 Å². The average Bonchev–Trinajstić information content (AvgIpc) is 2.68. The van der Waals surface area contributed by atoms with Gasteiger partial charge in [-0.2, -0.15) is 0 Å². The SMILES string of the molecule is CN=C(NCCCN1CCN(C(=O)OC(C)(C)C)CC1)NCc1ccc(F)cc1.I. The molecule has 1 amide bonds. The van der Waals surface area contributed by atoms with Crippen molar-refractivity contribution < 1.29 is 13.9 Å². The summed E-state index contributed by atoms with van der Waals surface area (Å²) in [4.78, 5) is 20.5. The molecule has 7 nitrogen and oxygen atoms in total. The van der Waals surface area contributed by atoms with Crippen LogP contribution in [-0.2, 0) is 11.3 Å². The molecular formula is C21H35FIN5O2. The predicted molar refractivity (Wildman–Crippen MR) is 129 cm³/mol. The molecular weight excluding hydrogens is 500 g/mol. The van der Waals surface area contributed by atoms with Crippen molar-refractivity contribution in [1.29, 1.82) is 0 Å². The topological polar surface area (TPSA) is 69.2 Å². The summed E-state index contributed by atoms with van der Waals surface area (Å²) in [6.45, 7) is 11.1. The molecule has 0 saturated carbocycles. The van der Waals surface area contributed by atoms with Crippen molar-refractivity contribution in [1.82, 2.24) is 20.4 Å². The van der Waals surface area contributed by atoms with Crippen molar-refractivity contribution in [3.8, 4) is 0 Å². The van der Waals surface area contributed by atoms with Crippen LogP contribution in [0.2, 0.25) is 0 Å². The van der Waals surface area contributed by atoms with E-state index in [2.05, 4.69) is 20.5 Å². The van der Waals surface area contributed by atoms with Gasteiger partial charge in [0.05, 0.1) is 0 Å². The molecule has 1 aromatic rings. The number of halogens is 2. The van der Waals surface area contributed by atoms with Gasteiger partial charge in [0.15, 0.2) is 5.96 Å². The van der Waals surface area contributed by atoms with Crippen molar-refractivity contribution in [3.05, 3.63) is 35.6 Å². The fourth-order valence-electron chi connectivity index (χ4n) is 3.00. The number of guanidine groups is 1. The zero-order valence-electron chi connectivity index (χ0n) is 18.4. The van der Waals surface area contributed by atoms with Crippen LogP contribution in [0.15, 0.2) is 29.3 Å². The highest BCUT2D eigenvalue weighted by Crippen LogP contribution is 2.12. The number of piperazine rings is 1. The van der Waals surface area contributed by atoms with Crippen molar-refractivity contribution >= 4 is 36.0 Å². The molecule has 1 saturated heterocycles. The third kappa shape index (κ3) is 9.92. The minimum atomic E-state index is -0.455. The summed E-state index contributed by atoms with van der Waals surface area (Å²) < 4.78 is 18.4. The van der Waals surface area contributed by atoms with Crippen LogP contribution in [0.4, 0.5) is 9.18 Å². The van der Waals surface area contributed by atoms with Gasteiger partial charge >= 0.3 is 6.09 Å². The van der Waals surface area contributed by atoms with Gasteiger partial charge in [0.1, 0.15) is 11.4 Å². The van der Waals surface area contributed by atoms with E-state index in [1.54, 1.807) is 24.1 Å². The summed E-state index contributed by atoms with van der Waals surface area (Å²) in [6.07, 6.45) is 0.749. The molecule has 0 radical (unpaired) electrons. The molecule has 1 aromatic carbocycles. The maximum absolute atomic E-state index is 13.0. The third-order valence-electron chi connectivity index (χ3n) is 4.56. The van der Waals surface area contributed by atoms with Crippen LogP contribution in [0.3, 0.4) is 0 Å². The molecule has 0 aliphatic carbocycles. The van der Waals surface area contributed by atoms with Crippen LogP contribution in [-0.4, -0.2) is 73.8 Å². The maximum atomic E-state index is 13.0. The molecule has 1 heterocycles. The number of carbonyl (C=O) groups is 1. The van der Waals surface area contributed by atoms with E-state index in [0.717, 1.165) is 44.1 Å². The molecule has 0 bridgehead atoms. The summed E-state index contributed by atoms with van der Waals surface area (Å²) in [6, 6.07) is 6.42. The molecule has 30 heavy (non-hydrogen) atoms. The first-order valence-corrected chi connectivity index (χ1v) is 10.2. The second-order valence-corrected chi connectivity index (χ2v) is 8.14. The Morgan fingerprint density at radius 1 is 1.13 bits per heavy atom. The molecule has 1 fully saturated rings. The van der Waals surface area contributed by atoms with E-state index in [1.807, 2.05) is 20.8 Å². The molecule has 2 N–H and O–H groups in total. The van der Waals surface area contributed by atoms with Crippen molar-refractivity contribution in [3.63, 3.8) is 0 Å². The number of hydrogen-bond donors (Lipinski definition) is 2. The molecule has 0 atom stereocenters. The number of nitrogens with zero attached hydrogens (tertiary/aromatic N) is 3. The Morgan fingerprint density at radius 3 is 2.33 bits per heavy atom. The van der Waals surface area contributed by atoms with Crippen LogP contribution >= 0.6 is 24.0 Å². The van der Waals surface area contributed by atoms with Crippen LogP contribution in [0.1, 0.15) is 32.8 Å². The molecule has 0 unspecified atom stereocenters. The standard InChI is InChI=1S/C21H34FN5O2.HI/c1-21(2,3)29-20(28)27-14-12-26(13-15-27)11-5-10-24-19(23-4)25-16-17-6-8-18(22)9-7-17;/h6-9H,5,10-16H2,1-4H3,(H2,23,24,25);1H. The van der Waals surface area contributed by atoms with Crippen LogP contribution in [0, 0.1) is 5.82 Å². The van der Waals surface area contributed by atoms with Crippen LogP contribution in [0.25, 0.3) is 0 Å². The van der Waals surface area contributed by atoms with Crippen molar-refractivity contribution in [2.24, 2.45) is 4.99 Å². The van der Waals surface area contributed by atoms with Crippen LogP contribution in [0.5, 0.6) is 0 Å². The second-order valence-electron chi connectivity index (χ2n) is 8.14. The van der Waals surface area contributed by atoms with Crippen LogP contribution < -0.4 is 10.6 Å². The number of amides is 1. The van der Waals surface area contributed by atoms with Gasteiger partial charge in [0.25, 0.3) is 0 Å². The number of rotatable bonds is 6. The molecule has 0 spiro atoms. The Morgan fingerprint density at radius 2 is 1.77 bits per heavy atom. The number of hydrogen-bond acceptors (Lipinski definition) is 4. The highest BCUT2D eigenvalue weighted by atomic mass is 127. The summed E-state index contributed by atoms with van der Waals surface area (Å²) in [5, 5.41) is 6.52. The lowest BCUT2D eigenvalue weighted by atomic mass is 10.2. The highest BCUT2D eigenvalue weighted by molar-refractivity contribution is 14.0. The van der Waals surface area contributed by atoms with E-state index in [9.17, 15) is 9.18 Å². The molecule has 0 aromatic heterocycles. The van der Waals surface area contributed by atoms with Gasteiger partial charge in [0, 0.05) is 46.3 Å². The van der Waals surface area contributed by atoms with E-state index in [-0.39, 0.29) is 35.9 Å². The monoisotopic (exact) mass is 535 g/mol. The van der Waals surface area contributed by atoms with Crippen molar-refractivity contribution in [2.45, 2.75) is 39.3 Å². The number of carbonyl (C=O) groups excluding carboxylic acids is 1. The molecule has 1 aliphatic heterocycles. The molecule has 1 aliphatic rings. The normalized spacial score (nSPS) is 15.4. The van der Waals surface area contributed by atoms with E-state index in [1.165, 1.54) is 12.1 Å².